The normalized spacial score (nSPS) is 10.5. The molecule has 5 heteroatoms. The first-order valence-electron chi connectivity index (χ1n) is 8.17. The summed E-state index contributed by atoms with van der Waals surface area (Å²) in [4.78, 5) is 0. The fraction of sp³-hybridized carbons (Fsp3) is 0. The summed E-state index contributed by atoms with van der Waals surface area (Å²) < 4.78 is 13.8. The number of nitrogens with zero attached hydrogens (tertiary/aromatic N) is 3. The molecule has 0 amide bonds. The maximum Gasteiger partial charge on any atom is 0.171 e. The van der Waals surface area contributed by atoms with Gasteiger partial charge in [-0.25, -0.2) is 0 Å². The van der Waals surface area contributed by atoms with Gasteiger partial charge < -0.3 is 4.57 Å². The Morgan fingerprint density at radius 2 is 0.846 bits per heavy atom. The number of hydrogen-bond donors (Lipinski definition) is 0. The van der Waals surface area contributed by atoms with Gasteiger partial charge >= 0.3 is 0 Å². The van der Waals surface area contributed by atoms with Crippen LogP contribution in [-0.2, 0) is 4.57 Å². The van der Waals surface area contributed by atoms with Gasteiger partial charge in [-0.05, 0) is 11.3 Å². The molecule has 0 atom stereocenters. The lowest BCUT2D eigenvalue weighted by Crippen LogP contribution is -2.24. The van der Waals surface area contributed by atoms with Gasteiger partial charge in [0.15, 0.2) is 7.14 Å². The summed E-state index contributed by atoms with van der Waals surface area (Å²) in [7, 11) is -2.78. The van der Waals surface area contributed by atoms with Gasteiger partial charge in [0.1, 0.15) is 0 Å². The van der Waals surface area contributed by atoms with E-state index in [1.807, 2.05) is 91.0 Å². The lowest BCUT2D eigenvalue weighted by molar-refractivity contribution is 0.592. The standard InChI is InChI=1S/C18H15OP.C3H3N3/c19-20(16-10-4-1-5-11-16,17-12-6-2-7-13-17)18-14-8-3-9-15-18;1-2-4-6-5-3-1/h1-15H;1-3H. The first kappa shape index (κ1) is 17.7. The van der Waals surface area contributed by atoms with Crippen LogP contribution in [0.15, 0.2) is 109 Å². The first-order valence-corrected chi connectivity index (χ1v) is 9.88. The van der Waals surface area contributed by atoms with E-state index in [1.165, 1.54) is 0 Å². The fourth-order valence-electron chi connectivity index (χ4n) is 2.57. The van der Waals surface area contributed by atoms with Crippen LogP contribution in [0.5, 0.6) is 0 Å². The molecule has 0 aliphatic carbocycles. The molecule has 128 valence electrons. The molecule has 0 spiro atoms. The molecule has 26 heavy (non-hydrogen) atoms. The third-order valence-corrected chi connectivity index (χ3v) is 6.84. The van der Waals surface area contributed by atoms with Crippen LogP contribution in [0.25, 0.3) is 0 Å². The van der Waals surface area contributed by atoms with E-state index >= 15 is 0 Å². The Bertz CT molecular complexity index is 819. The highest BCUT2D eigenvalue weighted by atomic mass is 31.2. The van der Waals surface area contributed by atoms with E-state index < -0.39 is 7.14 Å². The molecule has 4 nitrogen and oxygen atoms in total. The van der Waals surface area contributed by atoms with Gasteiger partial charge in [-0.1, -0.05) is 91.0 Å². The second-order valence-electron chi connectivity index (χ2n) is 5.43. The highest BCUT2D eigenvalue weighted by molar-refractivity contribution is 7.85. The molecule has 1 aromatic heterocycles. The summed E-state index contributed by atoms with van der Waals surface area (Å²) in [5.41, 5.74) is 0. The summed E-state index contributed by atoms with van der Waals surface area (Å²) >= 11 is 0. The minimum Gasteiger partial charge on any atom is -0.309 e. The van der Waals surface area contributed by atoms with Gasteiger partial charge in [0.2, 0.25) is 0 Å². The summed E-state index contributed by atoms with van der Waals surface area (Å²) in [6, 6.07) is 30.9. The zero-order valence-electron chi connectivity index (χ0n) is 14.1. The summed E-state index contributed by atoms with van der Waals surface area (Å²) in [5.74, 6) is 0. The zero-order chi connectivity index (χ0) is 18.1. The monoisotopic (exact) mass is 359 g/mol. The third-order valence-electron chi connectivity index (χ3n) is 3.77. The van der Waals surface area contributed by atoms with Gasteiger partial charge in [0, 0.05) is 15.9 Å². The average Bonchev–Trinajstić information content (AvgIpc) is 2.77. The molecule has 0 aliphatic rings. The third kappa shape index (κ3) is 4.11. The van der Waals surface area contributed by atoms with Crippen molar-refractivity contribution in [3.8, 4) is 0 Å². The Kier molecular flexibility index (Phi) is 6.02. The Morgan fingerprint density at radius 3 is 1.08 bits per heavy atom. The van der Waals surface area contributed by atoms with Crippen molar-refractivity contribution in [2.45, 2.75) is 0 Å². The molecule has 0 unspecified atom stereocenters. The average molecular weight is 359 g/mol. The van der Waals surface area contributed by atoms with Crippen molar-refractivity contribution in [2.75, 3.05) is 0 Å². The predicted octanol–water partition coefficient (Wildman–Crippen LogP) is 3.20. The lowest BCUT2D eigenvalue weighted by atomic mass is 10.4. The molecule has 0 N–H and O–H groups in total. The van der Waals surface area contributed by atoms with E-state index in [-0.39, 0.29) is 0 Å². The van der Waals surface area contributed by atoms with E-state index in [4.69, 9.17) is 0 Å². The van der Waals surface area contributed by atoms with Crippen molar-refractivity contribution in [3.63, 3.8) is 0 Å². The van der Waals surface area contributed by atoms with Crippen molar-refractivity contribution < 1.29 is 4.57 Å². The molecule has 0 fully saturated rings. The van der Waals surface area contributed by atoms with Crippen molar-refractivity contribution >= 4 is 23.1 Å². The molecule has 3 aromatic carbocycles. The van der Waals surface area contributed by atoms with Gasteiger partial charge in [-0.15, -0.1) is 10.2 Å². The van der Waals surface area contributed by atoms with Gasteiger partial charge in [-0.2, -0.15) is 0 Å². The quantitative estimate of drug-likeness (QED) is 0.527. The molecule has 1 heterocycles. The van der Waals surface area contributed by atoms with Crippen molar-refractivity contribution in [1.82, 2.24) is 15.4 Å². The largest absolute Gasteiger partial charge is 0.309 e. The second-order valence-corrected chi connectivity index (χ2v) is 8.19. The van der Waals surface area contributed by atoms with Crippen LogP contribution in [0.1, 0.15) is 0 Å². The summed E-state index contributed by atoms with van der Waals surface area (Å²) in [6.07, 6.45) is 3.15. The molecule has 0 radical (unpaired) electrons. The van der Waals surface area contributed by atoms with E-state index in [1.54, 1.807) is 18.5 Å². The summed E-state index contributed by atoms with van der Waals surface area (Å²) in [6.45, 7) is 0. The minimum absolute atomic E-state index is 0.873. The topological polar surface area (TPSA) is 55.7 Å². The van der Waals surface area contributed by atoms with Crippen LogP contribution in [0.4, 0.5) is 0 Å². The maximum atomic E-state index is 13.8. The van der Waals surface area contributed by atoms with Crippen molar-refractivity contribution in [3.05, 3.63) is 109 Å². The molecule has 4 rings (SSSR count). The van der Waals surface area contributed by atoms with E-state index in [2.05, 4.69) is 15.4 Å². The van der Waals surface area contributed by atoms with Crippen LogP contribution in [0.2, 0.25) is 0 Å². The summed E-state index contributed by atoms with van der Waals surface area (Å²) in [5, 5.41) is 12.7. The number of aromatic nitrogens is 3. The lowest BCUT2D eigenvalue weighted by Gasteiger charge is -2.19. The molecular formula is C21H18N3OP. The molecule has 0 bridgehead atoms. The van der Waals surface area contributed by atoms with Crippen LogP contribution in [0.3, 0.4) is 0 Å². The first-order chi connectivity index (χ1) is 12.8. The molecule has 0 aliphatic heterocycles. The molecule has 0 saturated carbocycles. The second kappa shape index (κ2) is 8.84. The van der Waals surface area contributed by atoms with Crippen LogP contribution < -0.4 is 15.9 Å². The minimum atomic E-state index is -2.78. The Labute approximate surface area is 152 Å². The van der Waals surface area contributed by atoms with Gasteiger partial charge in [0.25, 0.3) is 0 Å². The van der Waals surface area contributed by atoms with Crippen molar-refractivity contribution in [2.24, 2.45) is 0 Å². The van der Waals surface area contributed by atoms with Gasteiger partial charge in [0.05, 0.1) is 12.4 Å². The number of rotatable bonds is 3. The SMILES string of the molecule is O=P(c1ccccc1)(c1ccccc1)c1ccccc1.c1cnnnc1. The van der Waals surface area contributed by atoms with Crippen LogP contribution in [0, 0.1) is 0 Å². The van der Waals surface area contributed by atoms with Gasteiger partial charge in [-0.3, -0.25) is 0 Å². The highest BCUT2D eigenvalue weighted by Crippen LogP contribution is 2.41. The van der Waals surface area contributed by atoms with Crippen LogP contribution in [-0.4, -0.2) is 15.4 Å². The molecular weight excluding hydrogens is 341 g/mol. The van der Waals surface area contributed by atoms with E-state index in [0.29, 0.717) is 0 Å². The highest BCUT2D eigenvalue weighted by Gasteiger charge is 2.28. The zero-order valence-corrected chi connectivity index (χ0v) is 15.0. The molecule has 4 aromatic rings. The molecule has 0 saturated heterocycles. The number of benzene rings is 3. The predicted molar refractivity (Wildman–Crippen MR) is 106 cm³/mol. The van der Waals surface area contributed by atoms with Crippen LogP contribution >= 0.6 is 7.14 Å². The Hall–Kier alpha value is -3.10. The fourth-order valence-corrected chi connectivity index (χ4v) is 5.24. The Morgan fingerprint density at radius 1 is 0.500 bits per heavy atom. The van der Waals surface area contributed by atoms with E-state index in [0.717, 1.165) is 15.9 Å². The Balaban J connectivity index is 0.000000278. The van der Waals surface area contributed by atoms with E-state index in [9.17, 15) is 4.57 Å². The number of hydrogen-bond acceptors (Lipinski definition) is 4. The smallest absolute Gasteiger partial charge is 0.171 e. The van der Waals surface area contributed by atoms with Crippen molar-refractivity contribution in [1.29, 1.82) is 0 Å². The maximum absolute atomic E-state index is 13.8.